The number of allylic oxidation sites excluding steroid dienone is 5. The van der Waals surface area contributed by atoms with Crippen LogP contribution in [-0.4, -0.2) is 10.9 Å². The summed E-state index contributed by atoms with van der Waals surface area (Å²) in [6, 6.07) is 0.311. The van der Waals surface area contributed by atoms with Gasteiger partial charge in [0.2, 0.25) is 0 Å². The van der Waals surface area contributed by atoms with Crippen LogP contribution in [0.5, 0.6) is 0 Å². The van der Waals surface area contributed by atoms with Crippen molar-refractivity contribution in [1.82, 2.24) is 4.90 Å². The molecule has 1 nitrogen and oxygen atoms in total. The number of halogens is 1. The maximum absolute atomic E-state index is 3.80. The zero-order valence-corrected chi connectivity index (χ0v) is 8.08. The molecular formula is C11H12ClN. The standard InChI is InChI=1S/C11H11N.ClH/c1-2-10-7-5-8-11-6-3-4-9-12(10)11;/h2-10H,1H2;1H. The Balaban J connectivity index is 0.000000845. The number of fused-ring (bicyclic) bond motifs is 1. The monoisotopic (exact) mass is 193 g/mol. The summed E-state index contributed by atoms with van der Waals surface area (Å²) < 4.78 is 0. The summed E-state index contributed by atoms with van der Waals surface area (Å²) in [4.78, 5) is 2.19. The lowest BCUT2D eigenvalue weighted by Gasteiger charge is -2.30. The molecule has 0 aliphatic carbocycles. The van der Waals surface area contributed by atoms with Gasteiger partial charge in [-0.3, -0.25) is 0 Å². The molecule has 0 aromatic heterocycles. The lowest BCUT2D eigenvalue weighted by Crippen LogP contribution is -2.28. The van der Waals surface area contributed by atoms with Crippen LogP contribution in [0.15, 0.2) is 61.0 Å². The van der Waals surface area contributed by atoms with Crippen molar-refractivity contribution in [2.24, 2.45) is 0 Å². The first-order chi connectivity index (χ1) is 5.92. The second-order valence-electron chi connectivity index (χ2n) is 2.81. The van der Waals surface area contributed by atoms with Crippen molar-refractivity contribution in [1.29, 1.82) is 0 Å². The molecule has 0 aromatic carbocycles. The Kier molecular flexibility index (Phi) is 3.15. The summed E-state index contributed by atoms with van der Waals surface area (Å²) in [6.45, 7) is 3.80. The van der Waals surface area contributed by atoms with Crippen molar-refractivity contribution in [2.45, 2.75) is 6.04 Å². The molecule has 1 atom stereocenters. The van der Waals surface area contributed by atoms with Crippen molar-refractivity contribution in [3.8, 4) is 0 Å². The molecule has 0 amide bonds. The average Bonchev–Trinajstić information content (AvgIpc) is 2.17. The normalized spacial score (nSPS) is 23.2. The first-order valence-electron chi connectivity index (χ1n) is 4.06. The second-order valence-corrected chi connectivity index (χ2v) is 2.81. The van der Waals surface area contributed by atoms with Crippen LogP contribution in [-0.2, 0) is 0 Å². The van der Waals surface area contributed by atoms with Gasteiger partial charge in [-0.05, 0) is 18.2 Å². The number of hydrogen-bond acceptors (Lipinski definition) is 1. The molecule has 0 saturated carbocycles. The highest BCUT2D eigenvalue weighted by Gasteiger charge is 2.14. The van der Waals surface area contributed by atoms with Crippen LogP contribution in [0.1, 0.15) is 0 Å². The highest BCUT2D eigenvalue weighted by molar-refractivity contribution is 5.85. The Bertz CT molecular complexity index is 310. The molecule has 0 bridgehead atoms. The summed E-state index contributed by atoms with van der Waals surface area (Å²) in [6.07, 6.45) is 16.5. The average molecular weight is 194 g/mol. The van der Waals surface area contributed by atoms with Crippen LogP contribution in [0, 0.1) is 0 Å². The summed E-state index contributed by atoms with van der Waals surface area (Å²) >= 11 is 0. The molecular weight excluding hydrogens is 182 g/mol. The third kappa shape index (κ3) is 1.76. The predicted octanol–water partition coefficient (Wildman–Crippen LogP) is 2.80. The highest BCUT2D eigenvalue weighted by atomic mass is 35.5. The molecule has 0 aromatic rings. The van der Waals surface area contributed by atoms with Crippen molar-refractivity contribution < 1.29 is 0 Å². The van der Waals surface area contributed by atoms with Crippen molar-refractivity contribution in [2.75, 3.05) is 0 Å². The van der Waals surface area contributed by atoms with Gasteiger partial charge in [0.15, 0.2) is 0 Å². The van der Waals surface area contributed by atoms with Gasteiger partial charge >= 0.3 is 0 Å². The molecule has 2 heterocycles. The lowest BCUT2D eigenvalue weighted by molar-refractivity contribution is 0.452. The van der Waals surface area contributed by atoms with Gasteiger partial charge < -0.3 is 4.90 Å². The van der Waals surface area contributed by atoms with Gasteiger partial charge in [-0.25, -0.2) is 0 Å². The molecule has 0 saturated heterocycles. The SMILES string of the molecule is C=CC1C=CC=C2C=CC=CN21.Cl. The number of hydrogen-bond donors (Lipinski definition) is 0. The van der Waals surface area contributed by atoms with E-state index in [2.05, 4.69) is 42.0 Å². The van der Waals surface area contributed by atoms with E-state index < -0.39 is 0 Å². The minimum Gasteiger partial charge on any atom is -0.338 e. The fourth-order valence-corrected chi connectivity index (χ4v) is 1.43. The smallest absolute Gasteiger partial charge is 0.0700 e. The topological polar surface area (TPSA) is 3.24 Å². The molecule has 0 fully saturated rings. The third-order valence-electron chi connectivity index (χ3n) is 2.06. The molecule has 0 N–H and O–H groups in total. The minimum absolute atomic E-state index is 0. The number of nitrogens with zero attached hydrogens (tertiary/aromatic N) is 1. The van der Waals surface area contributed by atoms with E-state index in [1.807, 2.05) is 18.2 Å². The van der Waals surface area contributed by atoms with E-state index in [1.54, 1.807) is 0 Å². The van der Waals surface area contributed by atoms with E-state index in [1.165, 1.54) is 5.70 Å². The van der Waals surface area contributed by atoms with Crippen molar-refractivity contribution >= 4 is 12.4 Å². The molecule has 68 valence electrons. The Morgan fingerprint density at radius 2 is 2.15 bits per heavy atom. The zero-order chi connectivity index (χ0) is 8.39. The summed E-state index contributed by atoms with van der Waals surface area (Å²) in [5.41, 5.74) is 1.23. The van der Waals surface area contributed by atoms with Crippen molar-refractivity contribution in [3.05, 3.63) is 61.0 Å². The van der Waals surface area contributed by atoms with Gasteiger partial charge in [0.25, 0.3) is 0 Å². The molecule has 0 spiro atoms. The van der Waals surface area contributed by atoms with E-state index in [-0.39, 0.29) is 12.4 Å². The van der Waals surface area contributed by atoms with Gasteiger partial charge in [0.05, 0.1) is 6.04 Å². The maximum Gasteiger partial charge on any atom is 0.0700 e. The van der Waals surface area contributed by atoms with Gasteiger partial charge in [0, 0.05) is 11.9 Å². The Labute approximate surface area is 84.8 Å². The van der Waals surface area contributed by atoms with E-state index >= 15 is 0 Å². The van der Waals surface area contributed by atoms with Crippen LogP contribution < -0.4 is 0 Å². The van der Waals surface area contributed by atoms with Crippen LogP contribution in [0.4, 0.5) is 0 Å². The van der Waals surface area contributed by atoms with E-state index in [0.717, 1.165) is 0 Å². The zero-order valence-electron chi connectivity index (χ0n) is 7.26. The first-order valence-corrected chi connectivity index (χ1v) is 4.06. The van der Waals surface area contributed by atoms with E-state index in [0.29, 0.717) is 6.04 Å². The van der Waals surface area contributed by atoms with Gasteiger partial charge in [-0.2, -0.15) is 0 Å². The summed E-state index contributed by atoms with van der Waals surface area (Å²) in [5.74, 6) is 0. The largest absolute Gasteiger partial charge is 0.338 e. The van der Waals surface area contributed by atoms with Gasteiger partial charge in [-0.15, -0.1) is 19.0 Å². The molecule has 0 radical (unpaired) electrons. The molecule has 2 rings (SSSR count). The van der Waals surface area contributed by atoms with Crippen LogP contribution in [0.3, 0.4) is 0 Å². The summed E-state index contributed by atoms with van der Waals surface area (Å²) in [7, 11) is 0. The molecule has 1 unspecified atom stereocenters. The minimum atomic E-state index is 0. The first kappa shape index (κ1) is 9.87. The molecule has 13 heavy (non-hydrogen) atoms. The van der Waals surface area contributed by atoms with Crippen LogP contribution >= 0.6 is 12.4 Å². The predicted molar refractivity (Wildman–Crippen MR) is 58.6 cm³/mol. The van der Waals surface area contributed by atoms with Crippen molar-refractivity contribution in [3.63, 3.8) is 0 Å². The van der Waals surface area contributed by atoms with Crippen LogP contribution in [0.2, 0.25) is 0 Å². The lowest BCUT2D eigenvalue weighted by atomic mass is 10.1. The van der Waals surface area contributed by atoms with Crippen LogP contribution in [0.25, 0.3) is 0 Å². The third-order valence-corrected chi connectivity index (χ3v) is 2.06. The molecule has 2 aliphatic rings. The quantitative estimate of drug-likeness (QED) is 0.579. The Morgan fingerprint density at radius 3 is 2.92 bits per heavy atom. The fourth-order valence-electron chi connectivity index (χ4n) is 1.43. The molecule has 2 aliphatic heterocycles. The fraction of sp³-hybridized carbons (Fsp3) is 0.0909. The number of rotatable bonds is 1. The Hall–Kier alpha value is -1.21. The molecule has 2 heteroatoms. The summed E-state index contributed by atoms with van der Waals surface area (Å²) in [5, 5.41) is 0. The van der Waals surface area contributed by atoms with Gasteiger partial charge in [0.1, 0.15) is 0 Å². The van der Waals surface area contributed by atoms with E-state index in [4.69, 9.17) is 0 Å². The maximum atomic E-state index is 3.80. The highest BCUT2D eigenvalue weighted by Crippen LogP contribution is 2.20. The van der Waals surface area contributed by atoms with Gasteiger partial charge in [-0.1, -0.05) is 24.3 Å². The van der Waals surface area contributed by atoms with E-state index in [9.17, 15) is 0 Å². The second kappa shape index (κ2) is 4.15. The Morgan fingerprint density at radius 1 is 1.31 bits per heavy atom.